The molecule has 0 aliphatic carbocycles. The summed E-state index contributed by atoms with van der Waals surface area (Å²) in [7, 11) is 0. The molecule has 1 saturated heterocycles. The normalized spacial score (nSPS) is 18.5. The number of amides is 1. The van der Waals surface area contributed by atoms with Crippen molar-refractivity contribution >= 4 is 40.8 Å². The van der Waals surface area contributed by atoms with Gasteiger partial charge in [-0.25, -0.2) is 0 Å². The molecule has 1 heterocycles. The van der Waals surface area contributed by atoms with E-state index < -0.39 is 0 Å². The van der Waals surface area contributed by atoms with Gasteiger partial charge in [-0.15, -0.1) is 0 Å². The number of likely N-dealkylation sites (tertiary alicyclic amines) is 1. The molecule has 126 valence electrons. The topological polar surface area (TPSA) is 58.6 Å². The van der Waals surface area contributed by atoms with E-state index in [1.54, 1.807) is 25.1 Å². The van der Waals surface area contributed by atoms with E-state index in [1.165, 1.54) is 0 Å². The Morgan fingerprint density at radius 3 is 2.83 bits per heavy atom. The van der Waals surface area contributed by atoms with E-state index in [2.05, 4.69) is 5.32 Å². The van der Waals surface area contributed by atoms with Crippen molar-refractivity contribution in [3.8, 4) is 0 Å². The third-order valence-electron chi connectivity index (χ3n) is 3.70. The summed E-state index contributed by atoms with van der Waals surface area (Å²) in [5.41, 5.74) is 0.600. The fraction of sp³-hybridized carbons (Fsp3) is 0.500. The molecule has 1 aliphatic rings. The largest absolute Gasteiger partial charge is 0.466 e. The minimum Gasteiger partial charge on any atom is -0.466 e. The van der Waals surface area contributed by atoms with Crippen LogP contribution in [0.1, 0.15) is 19.8 Å². The molecule has 0 spiro atoms. The summed E-state index contributed by atoms with van der Waals surface area (Å²) in [6.07, 6.45) is 1.69. The quantitative estimate of drug-likeness (QED) is 0.821. The third kappa shape index (κ3) is 5.37. The number of piperidine rings is 1. The Labute approximate surface area is 145 Å². The molecule has 1 amide bonds. The molecule has 7 heteroatoms. The van der Waals surface area contributed by atoms with E-state index in [-0.39, 0.29) is 24.3 Å². The Kier molecular flexibility index (Phi) is 6.69. The maximum Gasteiger partial charge on any atom is 0.310 e. The number of nitrogens with zero attached hydrogens (tertiary/aromatic N) is 1. The first-order valence-electron chi connectivity index (χ1n) is 7.63. The van der Waals surface area contributed by atoms with E-state index in [1.807, 2.05) is 4.90 Å². The van der Waals surface area contributed by atoms with Crippen molar-refractivity contribution in [1.29, 1.82) is 0 Å². The Bertz CT molecular complexity index is 580. The van der Waals surface area contributed by atoms with Gasteiger partial charge in [-0.1, -0.05) is 23.2 Å². The monoisotopic (exact) mass is 358 g/mol. The van der Waals surface area contributed by atoms with Crippen LogP contribution in [0.15, 0.2) is 18.2 Å². The fourth-order valence-corrected chi connectivity index (χ4v) is 2.93. The van der Waals surface area contributed by atoms with Crippen molar-refractivity contribution in [3.63, 3.8) is 0 Å². The zero-order valence-electron chi connectivity index (χ0n) is 13.0. The highest BCUT2D eigenvalue weighted by Gasteiger charge is 2.27. The highest BCUT2D eigenvalue weighted by atomic mass is 35.5. The molecule has 1 aromatic rings. The average Bonchev–Trinajstić information content (AvgIpc) is 2.51. The van der Waals surface area contributed by atoms with Crippen molar-refractivity contribution < 1.29 is 14.3 Å². The Balaban J connectivity index is 1.86. The standard InChI is InChI=1S/C16H20Cl2N2O3/c1-2-23-16(22)11-4-3-7-20(9-11)10-15(21)19-12-5-6-13(17)14(18)8-12/h5-6,8,11H,2-4,7,9-10H2,1H3,(H,19,21)/t11-/m0/s1. The van der Waals surface area contributed by atoms with Gasteiger partial charge >= 0.3 is 5.97 Å². The molecule has 0 aromatic heterocycles. The number of anilines is 1. The Morgan fingerprint density at radius 2 is 2.13 bits per heavy atom. The summed E-state index contributed by atoms with van der Waals surface area (Å²) < 4.78 is 5.06. The van der Waals surface area contributed by atoms with Gasteiger partial charge in [-0.05, 0) is 44.5 Å². The van der Waals surface area contributed by atoms with Crippen LogP contribution >= 0.6 is 23.2 Å². The molecule has 1 aliphatic heterocycles. The van der Waals surface area contributed by atoms with Crippen LogP contribution in [0.5, 0.6) is 0 Å². The summed E-state index contributed by atoms with van der Waals surface area (Å²) in [6, 6.07) is 4.94. The minimum absolute atomic E-state index is 0.145. The van der Waals surface area contributed by atoms with E-state index in [9.17, 15) is 9.59 Å². The predicted octanol–water partition coefficient (Wildman–Crippen LogP) is 3.21. The number of halogens is 2. The van der Waals surface area contributed by atoms with Crippen LogP contribution in [-0.2, 0) is 14.3 Å². The first kappa shape index (κ1) is 18.0. The smallest absolute Gasteiger partial charge is 0.310 e. The van der Waals surface area contributed by atoms with Gasteiger partial charge in [0.2, 0.25) is 5.91 Å². The summed E-state index contributed by atoms with van der Waals surface area (Å²) in [6.45, 7) is 3.75. The van der Waals surface area contributed by atoms with E-state index >= 15 is 0 Å². The van der Waals surface area contributed by atoms with Crippen LogP contribution < -0.4 is 5.32 Å². The number of carbonyl (C=O) groups is 2. The van der Waals surface area contributed by atoms with E-state index in [0.29, 0.717) is 28.9 Å². The molecule has 5 nitrogen and oxygen atoms in total. The van der Waals surface area contributed by atoms with E-state index in [4.69, 9.17) is 27.9 Å². The number of benzene rings is 1. The van der Waals surface area contributed by atoms with Gasteiger partial charge < -0.3 is 10.1 Å². The maximum absolute atomic E-state index is 12.1. The molecule has 0 radical (unpaired) electrons. The van der Waals surface area contributed by atoms with Crippen LogP contribution in [0.25, 0.3) is 0 Å². The van der Waals surface area contributed by atoms with Gasteiger partial charge in [0, 0.05) is 12.2 Å². The molecule has 0 saturated carbocycles. The summed E-state index contributed by atoms with van der Waals surface area (Å²) in [5, 5.41) is 3.62. The zero-order chi connectivity index (χ0) is 16.8. The third-order valence-corrected chi connectivity index (χ3v) is 4.44. The predicted molar refractivity (Wildman–Crippen MR) is 90.9 cm³/mol. The molecule has 1 fully saturated rings. The summed E-state index contributed by atoms with van der Waals surface area (Å²) in [4.78, 5) is 25.9. The number of rotatable bonds is 5. The lowest BCUT2D eigenvalue weighted by molar-refractivity contribution is -0.150. The molecule has 1 atom stereocenters. The molecule has 0 unspecified atom stereocenters. The molecule has 2 rings (SSSR count). The molecule has 1 aromatic carbocycles. The molecule has 23 heavy (non-hydrogen) atoms. The number of carbonyl (C=O) groups excluding carboxylic acids is 2. The molecular formula is C16H20Cl2N2O3. The highest BCUT2D eigenvalue weighted by Crippen LogP contribution is 2.25. The summed E-state index contributed by atoms with van der Waals surface area (Å²) >= 11 is 11.8. The molecular weight excluding hydrogens is 339 g/mol. The van der Waals surface area contributed by atoms with Crippen LogP contribution in [0, 0.1) is 5.92 Å². The lowest BCUT2D eigenvalue weighted by Crippen LogP contribution is -2.43. The second-order valence-electron chi connectivity index (χ2n) is 5.50. The van der Waals surface area contributed by atoms with Crippen molar-refractivity contribution in [2.24, 2.45) is 5.92 Å². The van der Waals surface area contributed by atoms with E-state index in [0.717, 1.165) is 19.4 Å². The van der Waals surface area contributed by atoms with Crippen LogP contribution in [-0.4, -0.2) is 43.0 Å². The lowest BCUT2D eigenvalue weighted by Gasteiger charge is -2.30. The Morgan fingerprint density at radius 1 is 1.35 bits per heavy atom. The first-order chi connectivity index (χ1) is 11.0. The van der Waals surface area contributed by atoms with Crippen molar-refractivity contribution in [3.05, 3.63) is 28.2 Å². The number of hydrogen-bond donors (Lipinski definition) is 1. The Hall–Kier alpha value is -1.30. The number of hydrogen-bond acceptors (Lipinski definition) is 4. The molecule has 1 N–H and O–H groups in total. The molecule has 0 bridgehead atoms. The van der Waals surface area contributed by atoms with Gasteiger partial charge in [0.25, 0.3) is 0 Å². The zero-order valence-corrected chi connectivity index (χ0v) is 14.5. The first-order valence-corrected chi connectivity index (χ1v) is 8.39. The minimum atomic E-state index is -0.179. The van der Waals surface area contributed by atoms with Crippen LogP contribution in [0.4, 0.5) is 5.69 Å². The van der Waals surface area contributed by atoms with Gasteiger partial charge in [0.1, 0.15) is 0 Å². The van der Waals surface area contributed by atoms with Crippen molar-refractivity contribution in [2.75, 3.05) is 31.6 Å². The maximum atomic E-state index is 12.1. The second-order valence-corrected chi connectivity index (χ2v) is 6.32. The van der Waals surface area contributed by atoms with Crippen molar-refractivity contribution in [2.45, 2.75) is 19.8 Å². The second kappa shape index (κ2) is 8.52. The lowest BCUT2D eigenvalue weighted by atomic mass is 9.98. The van der Waals surface area contributed by atoms with Gasteiger partial charge in [0.15, 0.2) is 0 Å². The van der Waals surface area contributed by atoms with Gasteiger partial charge in [-0.3, -0.25) is 14.5 Å². The van der Waals surface area contributed by atoms with Crippen LogP contribution in [0.3, 0.4) is 0 Å². The fourth-order valence-electron chi connectivity index (χ4n) is 2.63. The van der Waals surface area contributed by atoms with Crippen LogP contribution in [0.2, 0.25) is 10.0 Å². The highest BCUT2D eigenvalue weighted by molar-refractivity contribution is 6.42. The number of nitrogens with one attached hydrogen (secondary N) is 1. The van der Waals surface area contributed by atoms with Gasteiger partial charge in [0.05, 0.1) is 29.1 Å². The number of ether oxygens (including phenoxy) is 1. The number of esters is 1. The van der Waals surface area contributed by atoms with Crippen molar-refractivity contribution in [1.82, 2.24) is 4.90 Å². The average molecular weight is 359 g/mol. The SMILES string of the molecule is CCOC(=O)[C@H]1CCCN(CC(=O)Nc2ccc(Cl)c(Cl)c2)C1. The van der Waals surface area contributed by atoms with Gasteiger partial charge in [-0.2, -0.15) is 0 Å². The summed E-state index contributed by atoms with van der Waals surface area (Å²) in [5.74, 6) is -0.475.